The Labute approximate surface area is 105 Å². The van der Waals surface area contributed by atoms with E-state index in [4.69, 9.17) is 0 Å². The predicted molar refractivity (Wildman–Crippen MR) is 72.2 cm³/mol. The maximum atomic E-state index is 14.6. The SMILES string of the molecule is CN(C)CC(C)(F)c1cccc(C(C)(C)C)c1. The Bertz CT molecular complexity index is 375. The summed E-state index contributed by atoms with van der Waals surface area (Å²) in [7, 11) is 3.79. The Morgan fingerprint density at radius 3 is 2.06 bits per heavy atom. The number of benzene rings is 1. The Balaban J connectivity index is 3.07. The van der Waals surface area contributed by atoms with Crippen LogP contribution in [0.3, 0.4) is 0 Å². The van der Waals surface area contributed by atoms with Gasteiger partial charge in [0.2, 0.25) is 0 Å². The van der Waals surface area contributed by atoms with Crippen LogP contribution in [-0.4, -0.2) is 25.5 Å². The van der Waals surface area contributed by atoms with Gasteiger partial charge >= 0.3 is 0 Å². The van der Waals surface area contributed by atoms with Gasteiger partial charge in [-0.05, 0) is 37.6 Å². The average molecular weight is 237 g/mol. The summed E-state index contributed by atoms with van der Waals surface area (Å²) in [4.78, 5) is 1.88. The van der Waals surface area contributed by atoms with Crippen LogP contribution in [0.15, 0.2) is 24.3 Å². The van der Waals surface area contributed by atoms with Crippen molar-refractivity contribution >= 4 is 0 Å². The first-order chi connectivity index (χ1) is 7.63. The van der Waals surface area contributed by atoms with E-state index in [0.717, 1.165) is 5.56 Å². The van der Waals surface area contributed by atoms with Crippen molar-refractivity contribution in [2.75, 3.05) is 20.6 Å². The monoisotopic (exact) mass is 237 g/mol. The summed E-state index contributed by atoms with van der Waals surface area (Å²) < 4.78 is 14.6. The lowest BCUT2D eigenvalue weighted by Crippen LogP contribution is -2.31. The molecule has 0 saturated carbocycles. The second kappa shape index (κ2) is 4.77. The fourth-order valence-electron chi connectivity index (χ4n) is 2.00. The minimum Gasteiger partial charge on any atom is -0.306 e. The van der Waals surface area contributed by atoms with Gasteiger partial charge < -0.3 is 4.90 Å². The number of hydrogen-bond donors (Lipinski definition) is 0. The summed E-state index contributed by atoms with van der Waals surface area (Å²) in [5, 5.41) is 0. The normalized spacial score (nSPS) is 16.0. The first-order valence-electron chi connectivity index (χ1n) is 6.07. The highest BCUT2D eigenvalue weighted by atomic mass is 19.1. The summed E-state index contributed by atoms with van der Waals surface area (Å²) in [6.07, 6.45) is 0. The molecule has 1 unspecified atom stereocenters. The summed E-state index contributed by atoms with van der Waals surface area (Å²) in [6.45, 7) is 8.49. The quantitative estimate of drug-likeness (QED) is 0.774. The molecule has 0 bridgehead atoms. The molecule has 0 saturated heterocycles. The van der Waals surface area contributed by atoms with Crippen LogP contribution < -0.4 is 0 Å². The van der Waals surface area contributed by atoms with Gasteiger partial charge in [0.1, 0.15) is 5.67 Å². The molecule has 1 nitrogen and oxygen atoms in total. The first kappa shape index (κ1) is 14.2. The van der Waals surface area contributed by atoms with Gasteiger partial charge in [-0.15, -0.1) is 0 Å². The zero-order chi connectivity index (χ0) is 13.3. The lowest BCUT2D eigenvalue weighted by Gasteiger charge is -2.27. The number of likely N-dealkylation sites (N-methyl/N-ethyl adjacent to an activating group) is 1. The zero-order valence-corrected chi connectivity index (χ0v) is 11.8. The van der Waals surface area contributed by atoms with Gasteiger partial charge in [0.25, 0.3) is 0 Å². The molecule has 2 heteroatoms. The lowest BCUT2D eigenvalue weighted by molar-refractivity contribution is 0.138. The maximum Gasteiger partial charge on any atom is 0.145 e. The Kier molecular flexibility index (Phi) is 3.98. The third-order valence-corrected chi connectivity index (χ3v) is 2.94. The van der Waals surface area contributed by atoms with Gasteiger partial charge in [-0.1, -0.05) is 45.0 Å². The summed E-state index contributed by atoms with van der Waals surface area (Å²) in [5.74, 6) is 0. The number of alkyl halides is 1. The molecular weight excluding hydrogens is 213 g/mol. The highest BCUT2D eigenvalue weighted by Gasteiger charge is 2.27. The van der Waals surface area contributed by atoms with E-state index in [1.807, 2.05) is 37.2 Å². The van der Waals surface area contributed by atoms with Gasteiger partial charge in [0.05, 0.1) is 0 Å². The van der Waals surface area contributed by atoms with E-state index in [-0.39, 0.29) is 5.41 Å². The second-order valence-corrected chi connectivity index (χ2v) is 6.27. The van der Waals surface area contributed by atoms with E-state index in [2.05, 4.69) is 26.8 Å². The zero-order valence-electron chi connectivity index (χ0n) is 11.8. The summed E-state index contributed by atoms with van der Waals surface area (Å²) in [5.41, 5.74) is 0.700. The molecule has 96 valence electrons. The van der Waals surface area contributed by atoms with E-state index in [1.54, 1.807) is 6.92 Å². The van der Waals surface area contributed by atoms with E-state index >= 15 is 0 Å². The Hall–Kier alpha value is -0.890. The highest BCUT2D eigenvalue weighted by Crippen LogP contribution is 2.30. The van der Waals surface area contributed by atoms with Crippen molar-refractivity contribution in [2.45, 2.75) is 38.8 Å². The van der Waals surface area contributed by atoms with E-state index in [1.165, 1.54) is 5.56 Å². The average Bonchev–Trinajstić information content (AvgIpc) is 2.14. The predicted octanol–water partition coefficient (Wildman–Crippen LogP) is 3.73. The molecule has 0 amide bonds. The molecule has 0 aliphatic carbocycles. The van der Waals surface area contributed by atoms with Gasteiger partial charge in [-0.3, -0.25) is 0 Å². The van der Waals surface area contributed by atoms with Gasteiger partial charge in [-0.2, -0.15) is 0 Å². The van der Waals surface area contributed by atoms with Crippen molar-refractivity contribution in [3.8, 4) is 0 Å². The van der Waals surface area contributed by atoms with Crippen LogP contribution in [0.1, 0.15) is 38.8 Å². The van der Waals surface area contributed by atoms with Crippen molar-refractivity contribution in [3.63, 3.8) is 0 Å². The fourth-order valence-corrected chi connectivity index (χ4v) is 2.00. The number of rotatable bonds is 3. The largest absolute Gasteiger partial charge is 0.306 e. The number of halogens is 1. The second-order valence-electron chi connectivity index (χ2n) is 6.27. The van der Waals surface area contributed by atoms with Crippen LogP contribution in [0.5, 0.6) is 0 Å². The topological polar surface area (TPSA) is 3.24 Å². The third-order valence-electron chi connectivity index (χ3n) is 2.94. The van der Waals surface area contributed by atoms with E-state index in [0.29, 0.717) is 6.54 Å². The molecule has 0 heterocycles. The molecule has 0 radical (unpaired) electrons. The smallest absolute Gasteiger partial charge is 0.145 e. The fraction of sp³-hybridized carbons (Fsp3) is 0.600. The van der Waals surface area contributed by atoms with E-state index < -0.39 is 5.67 Å². The number of hydrogen-bond acceptors (Lipinski definition) is 1. The minimum absolute atomic E-state index is 0.0597. The summed E-state index contributed by atoms with van der Waals surface area (Å²) >= 11 is 0. The van der Waals surface area contributed by atoms with Gasteiger partial charge in [0, 0.05) is 6.54 Å². The van der Waals surface area contributed by atoms with Crippen LogP contribution >= 0.6 is 0 Å². The Morgan fingerprint density at radius 1 is 1.06 bits per heavy atom. The molecule has 0 aromatic heterocycles. The molecule has 1 rings (SSSR count). The Morgan fingerprint density at radius 2 is 1.59 bits per heavy atom. The van der Waals surface area contributed by atoms with Crippen molar-refractivity contribution in [1.82, 2.24) is 4.90 Å². The van der Waals surface area contributed by atoms with Crippen LogP contribution in [0.2, 0.25) is 0 Å². The first-order valence-corrected chi connectivity index (χ1v) is 6.07. The van der Waals surface area contributed by atoms with Crippen molar-refractivity contribution in [3.05, 3.63) is 35.4 Å². The molecule has 1 aromatic carbocycles. The van der Waals surface area contributed by atoms with Crippen LogP contribution in [0, 0.1) is 0 Å². The number of nitrogens with zero attached hydrogens (tertiary/aromatic N) is 1. The van der Waals surface area contributed by atoms with Crippen LogP contribution in [-0.2, 0) is 11.1 Å². The molecule has 0 N–H and O–H groups in total. The molecule has 1 aromatic rings. The molecule has 17 heavy (non-hydrogen) atoms. The van der Waals surface area contributed by atoms with Crippen molar-refractivity contribution in [1.29, 1.82) is 0 Å². The highest BCUT2D eigenvalue weighted by molar-refractivity contribution is 5.32. The van der Waals surface area contributed by atoms with E-state index in [9.17, 15) is 4.39 Å². The third kappa shape index (κ3) is 3.81. The molecule has 0 aliphatic heterocycles. The maximum absolute atomic E-state index is 14.6. The molecular formula is C15H24FN. The van der Waals surface area contributed by atoms with Crippen molar-refractivity contribution in [2.24, 2.45) is 0 Å². The van der Waals surface area contributed by atoms with Crippen LogP contribution in [0.4, 0.5) is 4.39 Å². The van der Waals surface area contributed by atoms with Crippen LogP contribution in [0.25, 0.3) is 0 Å². The summed E-state index contributed by atoms with van der Waals surface area (Å²) in [6, 6.07) is 7.88. The molecule has 0 aliphatic rings. The standard InChI is InChI=1S/C15H24FN/c1-14(2,3)12-8-7-9-13(10-12)15(4,16)11-17(5)6/h7-10H,11H2,1-6H3. The molecule has 1 atom stereocenters. The lowest BCUT2D eigenvalue weighted by atomic mass is 9.84. The molecule has 0 fully saturated rings. The molecule has 0 spiro atoms. The van der Waals surface area contributed by atoms with Crippen molar-refractivity contribution < 1.29 is 4.39 Å². The van der Waals surface area contributed by atoms with Gasteiger partial charge in [0.15, 0.2) is 0 Å². The minimum atomic E-state index is -1.30. The van der Waals surface area contributed by atoms with Gasteiger partial charge in [-0.25, -0.2) is 4.39 Å².